The van der Waals surface area contributed by atoms with Gasteiger partial charge in [-0.3, -0.25) is 0 Å². The highest BCUT2D eigenvalue weighted by Gasteiger charge is 2.00. The number of nitriles is 2. The van der Waals surface area contributed by atoms with Gasteiger partial charge in [-0.25, -0.2) is 8.42 Å². The summed E-state index contributed by atoms with van der Waals surface area (Å²) in [6, 6.07) is 17.2. The Morgan fingerprint density at radius 3 is 1.35 bits per heavy atom. The van der Waals surface area contributed by atoms with Gasteiger partial charge in [0.2, 0.25) is 0 Å². The molecule has 0 aliphatic heterocycles. The van der Waals surface area contributed by atoms with Crippen LogP contribution in [0, 0.1) is 22.7 Å². The lowest BCUT2D eigenvalue weighted by Gasteiger charge is -1.95. The molecule has 23 heavy (non-hydrogen) atoms. The predicted molar refractivity (Wildman–Crippen MR) is 89.3 cm³/mol. The summed E-state index contributed by atoms with van der Waals surface area (Å²) < 4.78 is 23.9. The zero-order chi connectivity index (χ0) is 16.7. The highest BCUT2D eigenvalue weighted by molar-refractivity contribution is 7.97. The third-order valence-corrected chi connectivity index (χ3v) is 4.01. The molecule has 0 fully saturated rings. The maximum absolute atomic E-state index is 11.9. The molecule has 0 saturated heterocycles. The van der Waals surface area contributed by atoms with E-state index in [0.717, 1.165) is 10.8 Å². The van der Waals surface area contributed by atoms with Crippen molar-refractivity contribution in [3.8, 4) is 12.1 Å². The fraction of sp³-hybridized carbons (Fsp3) is 0. The van der Waals surface area contributed by atoms with Crippen LogP contribution in [0.2, 0.25) is 0 Å². The van der Waals surface area contributed by atoms with E-state index in [-0.39, 0.29) is 0 Å². The molecule has 5 heteroatoms. The van der Waals surface area contributed by atoms with Crippen molar-refractivity contribution in [1.82, 2.24) is 0 Å². The fourth-order valence-electron chi connectivity index (χ4n) is 1.73. The molecule has 2 rings (SSSR count). The van der Waals surface area contributed by atoms with Crippen LogP contribution in [0.25, 0.3) is 12.2 Å². The summed E-state index contributed by atoms with van der Waals surface area (Å²) in [5, 5.41) is 19.6. The molecule has 0 spiro atoms. The summed E-state index contributed by atoms with van der Waals surface area (Å²) in [5.41, 5.74) is 2.43. The molecule has 2 aromatic rings. The molecule has 0 saturated carbocycles. The first-order valence-corrected chi connectivity index (χ1v) is 8.25. The number of sulfone groups is 1. The SMILES string of the molecule is N#Cc1ccc(C=CS(=O)(=O)C=Cc2ccc(C#N)cc2)cc1. The molecule has 0 radical (unpaired) electrons. The van der Waals surface area contributed by atoms with Gasteiger partial charge >= 0.3 is 0 Å². The van der Waals surface area contributed by atoms with Crippen LogP contribution in [-0.2, 0) is 9.84 Å². The summed E-state index contributed by atoms with van der Waals surface area (Å²) in [5.74, 6) is 0. The second-order valence-corrected chi connectivity index (χ2v) is 6.38. The quantitative estimate of drug-likeness (QED) is 0.863. The van der Waals surface area contributed by atoms with Crippen LogP contribution in [0.3, 0.4) is 0 Å². The molecule has 112 valence electrons. The first-order chi connectivity index (χ1) is 11.0. The number of hydrogen-bond acceptors (Lipinski definition) is 4. The van der Waals surface area contributed by atoms with Crippen LogP contribution in [0.15, 0.2) is 59.3 Å². The molecule has 0 aliphatic rings. The van der Waals surface area contributed by atoms with E-state index >= 15 is 0 Å². The van der Waals surface area contributed by atoms with Crippen LogP contribution in [0.1, 0.15) is 22.3 Å². The van der Waals surface area contributed by atoms with Crippen molar-refractivity contribution in [3.05, 3.63) is 81.6 Å². The Labute approximate surface area is 135 Å². The highest BCUT2D eigenvalue weighted by atomic mass is 32.2. The van der Waals surface area contributed by atoms with Crippen LogP contribution in [-0.4, -0.2) is 8.42 Å². The van der Waals surface area contributed by atoms with E-state index in [1.807, 2.05) is 12.1 Å². The van der Waals surface area contributed by atoms with Crippen molar-refractivity contribution in [2.75, 3.05) is 0 Å². The lowest BCUT2D eigenvalue weighted by molar-refractivity contribution is 0.613. The van der Waals surface area contributed by atoms with Gasteiger partial charge in [0.05, 0.1) is 23.3 Å². The average molecular weight is 320 g/mol. The Hall–Kier alpha value is -3.15. The highest BCUT2D eigenvalue weighted by Crippen LogP contribution is 2.10. The van der Waals surface area contributed by atoms with E-state index in [1.165, 1.54) is 12.2 Å². The first kappa shape index (κ1) is 16.2. The molecule has 0 unspecified atom stereocenters. The number of hydrogen-bond donors (Lipinski definition) is 0. The van der Waals surface area contributed by atoms with E-state index in [4.69, 9.17) is 10.5 Å². The summed E-state index contributed by atoms with van der Waals surface area (Å²) in [4.78, 5) is 0. The van der Waals surface area contributed by atoms with Crippen molar-refractivity contribution in [1.29, 1.82) is 10.5 Å². The summed E-state index contributed by atoms with van der Waals surface area (Å²) in [6.07, 6.45) is 2.94. The Morgan fingerprint density at radius 1 is 0.696 bits per heavy atom. The predicted octanol–water partition coefficient (Wildman–Crippen LogP) is 3.49. The van der Waals surface area contributed by atoms with Gasteiger partial charge in [-0.2, -0.15) is 10.5 Å². The lowest BCUT2D eigenvalue weighted by Crippen LogP contribution is -1.88. The monoisotopic (exact) mass is 320 g/mol. The minimum atomic E-state index is -3.50. The Bertz CT molecular complexity index is 851. The smallest absolute Gasteiger partial charge is 0.193 e. The first-order valence-electron chi connectivity index (χ1n) is 6.64. The Kier molecular flexibility index (Phi) is 5.09. The third-order valence-electron chi connectivity index (χ3n) is 2.98. The second-order valence-electron chi connectivity index (χ2n) is 4.66. The topological polar surface area (TPSA) is 81.7 Å². The van der Waals surface area contributed by atoms with Crippen molar-refractivity contribution < 1.29 is 8.42 Å². The maximum atomic E-state index is 11.9. The van der Waals surface area contributed by atoms with Gasteiger partial charge in [0, 0.05) is 10.8 Å². The zero-order valence-corrected chi connectivity index (χ0v) is 12.9. The fourth-order valence-corrected chi connectivity index (χ4v) is 2.51. The minimum Gasteiger partial charge on any atom is -0.220 e. The van der Waals surface area contributed by atoms with E-state index in [2.05, 4.69) is 0 Å². The van der Waals surface area contributed by atoms with Gasteiger partial charge in [-0.05, 0) is 47.5 Å². The Balaban J connectivity index is 2.11. The van der Waals surface area contributed by atoms with Gasteiger partial charge < -0.3 is 0 Å². The van der Waals surface area contributed by atoms with Crippen LogP contribution in [0.4, 0.5) is 0 Å². The molecule has 0 aliphatic carbocycles. The molecular formula is C18H12N2O2S. The van der Waals surface area contributed by atoms with Crippen LogP contribution < -0.4 is 0 Å². The minimum absolute atomic E-state index is 0.519. The van der Waals surface area contributed by atoms with Gasteiger partial charge in [-0.15, -0.1) is 0 Å². The standard InChI is InChI=1S/C18H12N2O2S/c19-13-17-5-1-15(2-6-17)9-11-23(21,22)12-10-16-3-7-18(14-20)8-4-16/h1-12H. The van der Waals surface area contributed by atoms with Crippen molar-refractivity contribution in [2.24, 2.45) is 0 Å². The molecule has 0 heterocycles. The number of nitrogens with zero attached hydrogens (tertiary/aromatic N) is 2. The third kappa shape index (κ3) is 4.96. The molecule has 0 bridgehead atoms. The van der Waals surface area contributed by atoms with Gasteiger partial charge in [-0.1, -0.05) is 24.3 Å². The van der Waals surface area contributed by atoms with E-state index in [9.17, 15) is 8.42 Å². The van der Waals surface area contributed by atoms with Crippen molar-refractivity contribution in [3.63, 3.8) is 0 Å². The normalized spacial score (nSPS) is 11.4. The summed E-state index contributed by atoms with van der Waals surface area (Å²) in [7, 11) is -3.50. The molecule has 4 nitrogen and oxygen atoms in total. The number of rotatable bonds is 4. The van der Waals surface area contributed by atoms with Crippen molar-refractivity contribution in [2.45, 2.75) is 0 Å². The van der Waals surface area contributed by atoms with Crippen LogP contribution >= 0.6 is 0 Å². The maximum Gasteiger partial charge on any atom is 0.193 e. The van der Waals surface area contributed by atoms with Gasteiger partial charge in [0.25, 0.3) is 0 Å². The van der Waals surface area contributed by atoms with Crippen LogP contribution in [0.5, 0.6) is 0 Å². The van der Waals surface area contributed by atoms with E-state index < -0.39 is 9.84 Å². The average Bonchev–Trinajstić information content (AvgIpc) is 2.59. The van der Waals surface area contributed by atoms with Gasteiger partial charge in [0.15, 0.2) is 9.84 Å². The lowest BCUT2D eigenvalue weighted by atomic mass is 10.1. The zero-order valence-electron chi connectivity index (χ0n) is 12.0. The molecule has 0 atom stereocenters. The summed E-state index contributed by atoms with van der Waals surface area (Å²) in [6.45, 7) is 0. The molecule has 0 aromatic heterocycles. The second kappa shape index (κ2) is 7.22. The van der Waals surface area contributed by atoms with E-state index in [0.29, 0.717) is 22.3 Å². The number of benzene rings is 2. The largest absolute Gasteiger partial charge is 0.220 e. The van der Waals surface area contributed by atoms with E-state index in [1.54, 1.807) is 48.5 Å². The molecule has 0 amide bonds. The summed E-state index contributed by atoms with van der Waals surface area (Å²) >= 11 is 0. The Morgan fingerprint density at radius 2 is 1.04 bits per heavy atom. The van der Waals surface area contributed by atoms with Crippen molar-refractivity contribution >= 4 is 22.0 Å². The molecular weight excluding hydrogens is 308 g/mol. The van der Waals surface area contributed by atoms with Gasteiger partial charge in [0.1, 0.15) is 0 Å². The molecule has 2 aromatic carbocycles. The molecule has 0 N–H and O–H groups in total.